The van der Waals surface area contributed by atoms with Gasteiger partial charge in [0.2, 0.25) is 0 Å². The Balaban J connectivity index is 2.28. The molecule has 2 nitrogen and oxygen atoms in total. The second-order valence-electron chi connectivity index (χ2n) is 4.87. The van der Waals surface area contributed by atoms with E-state index in [1.165, 1.54) is 7.11 Å². The molecule has 0 N–H and O–H groups in total. The van der Waals surface area contributed by atoms with Crippen LogP contribution < -0.4 is 4.74 Å². The molecule has 0 aliphatic carbocycles. The third-order valence-electron chi connectivity index (χ3n) is 3.90. The van der Waals surface area contributed by atoms with Crippen molar-refractivity contribution in [2.75, 3.05) is 19.6 Å². The van der Waals surface area contributed by atoms with E-state index < -0.39 is 0 Å². The molecule has 1 aromatic rings. The molecule has 1 heterocycles. The van der Waals surface area contributed by atoms with Gasteiger partial charge in [-0.25, -0.2) is 4.39 Å². The highest BCUT2D eigenvalue weighted by molar-refractivity contribution is 6.18. The number of benzene rings is 1. The van der Waals surface area contributed by atoms with Crippen LogP contribution in [0.4, 0.5) is 4.39 Å². The lowest BCUT2D eigenvalue weighted by Gasteiger charge is -2.30. The summed E-state index contributed by atoms with van der Waals surface area (Å²) in [7, 11) is 1.47. The van der Waals surface area contributed by atoms with Gasteiger partial charge < -0.3 is 9.47 Å². The van der Waals surface area contributed by atoms with Crippen molar-refractivity contribution in [2.24, 2.45) is 5.41 Å². The van der Waals surface area contributed by atoms with Gasteiger partial charge in [0.15, 0.2) is 11.6 Å². The molecule has 100 valence electrons. The molecule has 1 fully saturated rings. The van der Waals surface area contributed by atoms with Gasteiger partial charge in [-0.3, -0.25) is 0 Å². The summed E-state index contributed by atoms with van der Waals surface area (Å²) in [6, 6.07) is 5.22. The fourth-order valence-corrected chi connectivity index (χ4v) is 2.95. The van der Waals surface area contributed by atoms with E-state index in [-0.39, 0.29) is 23.1 Å². The zero-order chi connectivity index (χ0) is 13.2. The SMILES string of the molecule is COc1cccc(CC2(CCl)CCOC2C)c1F. The molecule has 2 atom stereocenters. The maximum atomic E-state index is 14.2. The molecule has 0 aromatic heterocycles. The van der Waals surface area contributed by atoms with E-state index in [9.17, 15) is 4.39 Å². The van der Waals surface area contributed by atoms with Gasteiger partial charge in [-0.15, -0.1) is 11.6 Å². The van der Waals surface area contributed by atoms with E-state index in [1.807, 2.05) is 6.92 Å². The highest BCUT2D eigenvalue weighted by Crippen LogP contribution is 2.40. The summed E-state index contributed by atoms with van der Waals surface area (Å²) in [4.78, 5) is 0. The van der Waals surface area contributed by atoms with Gasteiger partial charge in [0.25, 0.3) is 0 Å². The lowest BCUT2D eigenvalue weighted by atomic mass is 9.78. The van der Waals surface area contributed by atoms with Gasteiger partial charge in [0.1, 0.15) is 0 Å². The molecular formula is C14H18ClFO2. The monoisotopic (exact) mass is 272 g/mol. The molecule has 1 aliphatic heterocycles. The minimum absolute atomic E-state index is 0.0561. The summed E-state index contributed by atoms with van der Waals surface area (Å²) in [6.45, 7) is 2.70. The number of rotatable bonds is 4. The molecule has 2 unspecified atom stereocenters. The third-order valence-corrected chi connectivity index (χ3v) is 4.43. The molecule has 0 spiro atoms. The summed E-state index contributed by atoms with van der Waals surface area (Å²) in [5.74, 6) is 0.470. The van der Waals surface area contributed by atoms with Gasteiger partial charge in [-0.1, -0.05) is 12.1 Å². The normalized spacial score (nSPS) is 27.4. The molecule has 4 heteroatoms. The van der Waals surface area contributed by atoms with Crippen LogP contribution in [-0.2, 0) is 11.2 Å². The van der Waals surface area contributed by atoms with Crippen LogP contribution in [0, 0.1) is 11.2 Å². The van der Waals surface area contributed by atoms with Crippen molar-refractivity contribution in [2.45, 2.75) is 25.9 Å². The van der Waals surface area contributed by atoms with Crippen molar-refractivity contribution in [3.63, 3.8) is 0 Å². The Bertz CT molecular complexity index is 424. The van der Waals surface area contributed by atoms with Crippen molar-refractivity contribution in [3.05, 3.63) is 29.6 Å². The predicted octanol–water partition coefficient (Wildman–Crippen LogP) is 3.41. The predicted molar refractivity (Wildman–Crippen MR) is 69.8 cm³/mol. The molecule has 1 aliphatic rings. The van der Waals surface area contributed by atoms with Crippen LogP contribution in [0.1, 0.15) is 18.9 Å². The van der Waals surface area contributed by atoms with Crippen molar-refractivity contribution in [3.8, 4) is 5.75 Å². The maximum absolute atomic E-state index is 14.2. The highest BCUT2D eigenvalue weighted by Gasteiger charge is 2.41. The van der Waals surface area contributed by atoms with Gasteiger partial charge >= 0.3 is 0 Å². The molecule has 0 radical (unpaired) electrons. The zero-order valence-corrected chi connectivity index (χ0v) is 11.5. The van der Waals surface area contributed by atoms with Crippen LogP contribution in [0.15, 0.2) is 18.2 Å². The molecule has 1 aromatic carbocycles. The van der Waals surface area contributed by atoms with Gasteiger partial charge in [0, 0.05) is 17.9 Å². The Morgan fingerprint density at radius 2 is 2.33 bits per heavy atom. The number of hydrogen-bond donors (Lipinski definition) is 0. The van der Waals surface area contributed by atoms with Crippen LogP contribution in [0.2, 0.25) is 0 Å². The van der Waals surface area contributed by atoms with E-state index >= 15 is 0 Å². The fraction of sp³-hybridized carbons (Fsp3) is 0.571. The van der Waals surface area contributed by atoms with E-state index in [1.54, 1.807) is 18.2 Å². The number of alkyl halides is 1. The Morgan fingerprint density at radius 1 is 1.56 bits per heavy atom. The van der Waals surface area contributed by atoms with E-state index in [0.29, 0.717) is 24.5 Å². The summed E-state index contributed by atoms with van der Waals surface area (Å²) >= 11 is 6.10. The Kier molecular flexibility index (Phi) is 4.13. The summed E-state index contributed by atoms with van der Waals surface area (Å²) in [5.41, 5.74) is 0.474. The lowest BCUT2D eigenvalue weighted by molar-refractivity contribution is 0.0731. The Labute approximate surface area is 112 Å². The third kappa shape index (κ3) is 2.34. The van der Waals surface area contributed by atoms with Gasteiger partial charge in [-0.2, -0.15) is 0 Å². The quantitative estimate of drug-likeness (QED) is 0.782. The van der Waals surface area contributed by atoms with Crippen LogP contribution in [0.5, 0.6) is 5.75 Å². The Morgan fingerprint density at radius 3 is 2.89 bits per heavy atom. The van der Waals surface area contributed by atoms with Crippen LogP contribution in [0.3, 0.4) is 0 Å². The van der Waals surface area contributed by atoms with Crippen molar-refractivity contribution >= 4 is 11.6 Å². The first-order valence-electron chi connectivity index (χ1n) is 6.12. The van der Waals surface area contributed by atoms with Crippen molar-refractivity contribution in [1.29, 1.82) is 0 Å². The van der Waals surface area contributed by atoms with Crippen molar-refractivity contribution in [1.82, 2.24) is 0 Å². The molecule has 18 heavy (non-hydrogen) atoms. The minimum atomic E-state index is -0.288. The fourth-order valence-electron chi connectivity index (χ4n) is 2.50. The summed E-state index contributed by atoms with van der Waals surface area (Å²) < 4.78 is 24.7. The van der Waals surface area contributed by atoms with Crippen molar-refractivity contribution < 1.29 is 13.9 Å². The van der Waals surface area contributed by atoms with Gasteiger partial charge in [-0.05, 0) is 31.4 Å². The summed E-state index contributed by atoms with van der Waals surface area (Å²) in [5, 5.41) is 0. The van der Waals surface area contributed by atoms with Crippen LogP contribution in [-0.4, -0.2) is 25.7 Å². The van der Waals surface area contributed by atoms with E-state index in [0.717, 1.165) is 6.42 Å². The first kappa shape index (κ1) is 13.6. The zero-order valence-electron chi connectivity index (χ0n) is 10.7. The second-order valence-corrected chi connectivity index (χ2v) is 5.14. The van der Waals surface area contributed by atoms with Crippen LogP contribution >= 0.6 is 11.6 Å². The summed E-state index contributed by atoms with van der Waals surface area (Å²) in [6.07, 6.45) is 1.51. The topological polar surface area (TPSA) is 18.5 Å². The first-order valence-corrected chi connectivity index (χ1v) is 6.65. The molecule has 1 saturated heterocycles. The minimum Gasteiger partial charge on any atom is -0.494 e. The molecular weight excluding hydrogens is 255 g/mol. The average Bonchev–Trinajstić information content (AvgIpc) is 2.74. The van der Waals surface area contributed by atoms with E-state index in [2.05, 4.69) is 0 Å². The largest absolute Gasteiger partial charge is 0.494 e. The first-order chi connectivity index (χ1) is 8.63. The molecule has 0 amide bonds. The average molecular weight is 273 g/mol. The molecule has 0 saturated carbocycles. The highest BCUT2D eigenvalue weighted by atomic mass is 35.5. The molecule has 0 bridgehead atoms. The number of halogens is 2. The lowest BCUT2D eigenvalue weighted by Crippen LogP contribution is -2.33. The number of ether oxygens (including phenoxy) is 2. The Hall–Kier alpha value is -0.800. The standard InChI is InChI=1S/C14H18ClFO2/c1-10-14(9-15,6-7-18-10)8-11-4-3-5-12(17-2)13(11)16/h3-5,10H,6-9H2,1-2H3. The van der Waals surface area contributed by atoms with Gasteiger partial charge in [0.05, 0.1) is 13.2 Å². The van der Waals surface area contributed by atoms with Crippen LogP contribution in [0.25, 0.3) is 0 Å². The second kappa shape index (κ2) is 5.45. The van der Waals surface area contributed by atoms with E-state index in [4.69, 9.17) is 21.1 Å². The molecule has 2 rings (SSSR count). The number of hydrogen-bond acceptors (Lipinski definition) is 2. The smallest absolute Gasteiger partial charge is 0.168 e. The maximum Gasteiger partial charge on any atom is 0.168 e. The number of methoxy groups -OCH3 is 1.